The molecule has 5 rings (SSSR count). The van der Waals surface area contributed by atoms with Gasteiger partial charge in [0.2, 0.25) is 0 Å². The maximum absolute atomic E-state index is 10.5. The molecule has 172 valence electrons. The number of aliphatic hydroxyl groups is 1. The first-order valence-corrected chi connectivity index (χ1v) is 11.6. The highest BCUT2D eigenvalue weighted by atomic mass is 16.5. The Labute approximate surface area is 189 Å². The minimum Gasteiger partial charge on any atom is -0.493 e. The molecule has 3 aliphatic rings. The summed E-state index contributed by atoms with van der Waals surface area (Å²) in [7, 11) is 1.65. The van der Waals surface area contributed by atoms with Gasteiger partial charge < -0.3 is 19.3 Å². The molecule has 3 aliphatic heterocycles. The minimum absolute atomic E-state index is 0.260. The molecule has 3 fully saturated rings. The molecule has 1 aromatic heterocycles. The van der Waals surface area contributed by atoms with Crippen molar-refractivity contribution in [1.82, 2.24) is 14.8 Å². The Morgan fingerprint density at radius 1 is 1.03 bits per heavy atom. The zero-order valence-electron chi connectivity index (χ0n) is 18.7. The number of ether oxygens (including phenoxy) is 3. The number of nitrogens with zero attached hydrogens (tertiary/aromatic N) is 3. The van der Waals surface area contributed by atoms with Crippen molar-refractivity contribution in [3.8, 4) is 11.5 Å². The van der Waals surface area contributed by atoms with Crippen molar-refractivity contribution in [2.45, 2.75) is 18.6 Å². The van der Waals surface area contributed by atoms with E-state index < -0.39 is 6.10 Å². The van der Waals surface area contributed by atoms with E-state index in [1.807, 2.05) is 24.5 Å². The highest BCUT2D eigenvalue weighted by Crippen LogP contribution is 2.32. The van der Waals surface area contributed by atoms with Crippen LogP contribution in [0.4, 0.5) is 0 Å². The zero-order chi connectivity index (χ0) is 21.9. The van der Waals surface area contributed by atoms with E-state index in [0.717, 1.165) is 45.9 Å². The number of β-amino-alcohol motifs (C(OH)–C–C–N with tert-alkyl or cyclic N) is 1. The third-order valence-electron chi connectivity index (χ3n) is 6.99. The number of pyridine rings is 1. The summed E-state index contributed by atoms with van der Waals surface area (Å²) >= 11 is 0. The van der Waals surface area contributed by atoms with Crippen molar-refractivity contribution in [3.63, 3.8) is 0 Å². The number of fused-ring (bicyclic) bond motifs is 1. The Morgan fingerprint density at radius 3 is 2.50 bits per heavy atom. The quantitative estimate of drug-likeness (QED) is 0.641. The average molecular weight is 440 g/mol. The first-order chi connectivity index (χ1) is 15.7. The summed E-state index contributed by atoms with van der Waals surface area (Å²) in [5.74, 6) is 3.23. The fourth-order valence-electron chi connectivity index (χ4n) is 5.21. The molecule has 7 nitrogen and oxygen atoms in total. The lowest BCUT2D eigenvalue weighted by Crippen LogP contribution is -2.44. The Kier molecular flexibility index (Phi) is 6.59. The van der Waals surface area contributed by atoms with Crippen LogP contribution in [0.2, 0.25) is 0 Å². The van der Waals surface area contributed by atoms with E-state index in [4.69, 9.17) is 14.2 Å². The van der Waals surface area contributed by atoms with E-state index in [1.54, 1.807) is 7.11 Å². The molecule has 1 aromatic carbocycles. The summed E-state index contributed by atoms with van der Waals surface area (Å²) in [6.07, 6.45) is 3.20. The summed E-state index contributed by atoms with van der Waals surface area (Å²) in [6.45, 7) is 7.61. The third kappa shape index (κ3) is 4.91. The van der Waals surface area contributed by atoms with Gasteiger partial charge in [-0.1, -0.05) is 6.07 Å². The molecule has 0 aliphatic carbocycles. The summed E-state index contributed by atoms with van der Waals surface area (Å²) in [6, 6.07) is 10.3. The monoisotopic (exact) mass is 439 g/mol. The van der Waals surface area contributed by atoms with Gasteiger partial charge in [0.05, 0.1) is 20.3 Å². The maximum Gasteiger partial charge on any atom is 0.161 e. The molecule has 4 heterocycles. The molecule has 3 saturated heterocycles. The number of hydrogen-bond donors (Lipinski definition) is 1. The molecule has 0 amide bonds. The molecule has 1 N–H and O–H groups in total. The second kappa shape index (κ2) is 9.75. The van der Waals surface area contributed by atoms with Crippen molar-refractivity contribution < 1.29 is 19.3 Å². The predicted molar refractivity (Wildman–Crippen MR) is 121 cm³/mol. The first kappa shape index (κ1) is 21.6. The Hall–Kier alpha value is -2.19. The largest absolute Gasteiger partial charge is 0.493 e. The van der Waals surface area contributed by atoms with Gasteiger partial charge in [-0.05, 0) is 35.4 Å². The zero-order valence-corrected chi connectivity index (χ0v) is 18.7. The average Bonchev–Trinajstić information content (AvgIpc) is 3.37. The predicted octanol–water partition coefficient (Wildman–Crippen LogP) is 2.01. The van der Waals surface area contributed by atoms with E-state index in [1.165, 1.54) is 11.1 Å². The van der Waals surface area contributed by atoms with Crippen molar-refractivity contribution >= 4 is 0 Å². The smallest absolute Gasteiger partial charge is 0.161 e. The molecule has 2 aromatic rings. The van der Waals surface area contributed by atoms with E-state index in [2.05, 4.69) is 33.0 Å². The van der Waals surface area contributed by atoms with Gasteiger partial charge in [0.1, 0.15) is 12.7 Å². The van der Waals surface area contributed by atoms with E-state index in [9.17, 15) is 5.11 Å². The summed E-state index contributed by atoms with van der Waals surface area (Å²) in [5.41, 5.74) is 2.55. The highest BCUT2D eigenvalue weighted by Gasteiger charge is 2.37. The van der Waals surface area contributed by atoms with Gasteiger partial charge in [-0.25, -0.2) is 0 Å². The van der Waals surface area contributed by atoms with Gasteiger partial charge in [0.15, 0.2) is 11.5 Å². The van der Waals surface area contributed by atoms with E-state index in [0.29, 0.717) is 35.8 Å². The maximum atomic E-state index is 10.5. The van der Waals surface area contributed by atoms with Crippen LogP contribution in [0.5, 0.6) is 11.5 Å². The normalized spacial score (nSPS) is 24.8. The number of likely N-dealkylation sites (tertiary alicyclic amines) is 2. The number of hydrogen-bond acceptors (Lipinski definition) is 7. The molecule has 0 radical (unpaired) electrons. The number of rotatable bonds is 9. The second-order valence-corrected chi connectivity index (χ2v) is 9.40. The lowest BCUT2D eigenvalue weighted by Gasteiger charge is -2.39. The molecule has 0 bridgehead atoms. The van der Waals surface area contributed by atoms with Crippen molar-refractivity contribution in [3.05, 3.63) is 53.9 Å². The topological polar surface area (TPSA) is 67.3 Å². The van der Waals surface area contributed by atoms with Gasteiger partial charge >= 0.3 is 0 Å². The molecule has 1 unspecified atom stereocenters. The van der Waals surface area contributed by atoms with Gasteiger partial charge in [0.25, 0.3) is 0 Å². The highest BCUT2D eigenvalue weighted by molar-refractivity contribution is 5.43. The van der Waals surface area contributed by atoms with Crippen LogP contribution in [0.3, 0.4) is 0 Å². The van der Waals surface area contributed by atoms with E-state index >= 15 is 0 Å². The van der Waals surface area contributed by atoms with Crippen molar-refractivity contribution in [2.75, 3.05) is 59.7 Å². The minimum atomic E-state index is -0.528. The molecule has 3 atom stereocenters. The summed E-state index contributed by atoms with van der Waals surface area (Å²) in [4.78, 5) is 8.87. The summed E-state index contributed by atoms with van der Waals surface area (Å²) < 4.78 is 17.0. The van der Waals surface area contributed by atoms with Crippen molar-refractivity contribution in [2.24, 2.45) is 11.8 Å². The van der Waals surface area contributed by atoms with Gasteiger partial charge in [0, 0.05) is 69.4 Å². The molecule has 0 spiro atoms. The Morgan fingerprint density at radius 2 is 1.78 bits per heavy atom. The van der Waals surface area contributed by atoms with Crippen LogP contribution >= 0.6 is 0 Å². The van der Waals surface area contributed by atoms with Crippen LogP contribution < -0.4 is 9.47 Å². The fourth-order valence-corrected chi connectivity index (χ4v) is 5.21. The van der Waals surface area contributed by atoms with Crippen LogP contribution in [0.15, 0.2) is 42.7 Å². The molecule has 0 saturated carbocycles. The molecule has 7 heteroatoms. The first-order valence-electron chi connectivity index (χ1n) is 11.6. The fraction of sp³-hybridized carbons (Fsp3) is 0.560. The van der Waals surface area contributed by atoms with Gasteiger partial charge in [-0.3, -0.25) is 14.8 Å². The number of aromatic nitrogens is 1. The molecular formula is C25H33N3O4. The molecular weight excluding hydrogens is 406 g/mol. The molecule has 32 heavy (non-hydrogen) atoms. The number of aliphatic hydroxyl groups excluding tert-OH is 1. The van der Waals surface area contributed by atoms with Crippen LogP contribution in [0.1, 0.15) is 17.0 Å². The summed E-state index contributed by atoms with van der Waals surface area (Å²) in [5, 5.41) is 10.5. The third-order valence-corrected chi connectivity index (χ3v) is 6.99. The van der Waals surface area contributed by atoms with Crippen LogP contribution in [-0.4, -0.2) is 85.6 Å². The lowest BCUT2D eigenvalue weighted by atomic mass is 9.92. The SMILES string of the molecule is COc1ccc(CN2CC(c3ccncc3)C2)cc1OCC(O)CN1C[C@H]2COC[C@H]2C1. The van der Waals surface area contributed by atoms with Gasteiger partial charge in [-0.2, -0.15) is 0 Å². The number of benzene rings is 1. The van der Waals surface area contributed by atoms with Crippen molar-refractivity contribution in [1.29, 1.82) is 0 Å². The standard InChI is InChI=1S/C25H33N3O4/c1-30-24-3-2-18(9-27-10-20(11-27)19-4-6-26-7-5-19)8-25(24)32-17-23(29)14-28-12-21-15-31-16-22(21)13-28/h2-8,20-23,29H,9-17H2,1H3/t21-,22+,23?. The van der Waals surface area contributed by atoms with Crippen LogP contribution in [0, 0.1) is 11.8 Å². The lowest BCUT2D eigenvalue weighted by molar-refractivity contribution is 0.0665. The Balaban J connectivity index is 1.12. The van der Waals surface area contributed by atoms with Crippen LogP contribution in [0.25, 0.3) is 0 Å². The Bertz CT molecular complexity index is 878. The second-order valence-electron chi connectivity index (χ2n) is 9.40. The van der Waals surface area contributed by atoms with E-state index in [-0.39, 0.29) is 6.61 Å². The number of methoxy groups -OCH3 is 1. The van der Waals surface area contributed by atoms with Crippen LogP contribution in [-0.2, 0) is 11.3 Å². The van der Waals surface area contributed by atoms with Gasteiger partial charge in [-0.15, -0.1) is 0 Å².